The minimum absolute atomic E-state index is 0.162. The summed E-state index contributed by atoms with van der Waals surface area (Å²) in [5.41, 5.74) is 1.51. The molecule has 142 valence electrons. The van der Waals surface area contributed by atoms with Crippen molar-refractivity contribution in [1.29, 1.82) is 0 Å². The number of halogens is 2. The molecule has 0 unspecified atom stereocenters. The van der Waals surface area contributed by atoms with Gasteiger partial charge in [-0.2, -0.15) is 0 Å². The first-order valence-electron chi connectivity index (χ1n) is 8.44. The summed E-state index contributed by atoms with van der Waals surface area (Å²) in [7, 11) is 1.40. The number of carbonyl (C=O) groups is 1. The Bertz CT molecular complexity index is 869. The summed E-state index contributed by atoms with van der Waals surface area (Å²) in [6.45, 7) is 1.39. The second-order valence-electron chi connectivity index (χ2n) is 5.87. The van der Waals surface area contributed by atoms with E-state index in [1.807, 2.05) is 6.07 Å². The molecule has 0 fully saturated rings. The Morgan fingerprint density at radius 1 is 1.30 bits per heavy atom. The number of fused-ring (bicyclic) bond motifs is 1. The highest BCUT2D eigenvalue weighted by Gasteiger charge is 2.16. The second-order valence-corrected chi connectivity index (χ2v) is 6.28. The van der Waals surface area contributed by atoms with Gasteiger partial charge in [-0.05, 0) is 47.9 Å². The molecule has 0 spiro atoms. The van der Waals surface area contributed by atoms with Gasteiger partial charge in [0.2, 0.25) is 5.91 Å². The van der Waals surface area contributed by atoms with E-state index in [1.165, 1.54) is 25.3 Å². The molecule has 0 aliphatic carbocycles. The minimum atomic E-state index is -0.476. The monoisotopic (exact) mass is 391 g/mol. The van der Waals surface area contributed by atoms with Crippen molar-refractivity contribution in [2.75, 3.05) is 26.9 Å². The van der Waals surface area contributed by atoms with Gasteiger partial charge in [0.1, 0.15) is 13.2 Å². The molecule has 1 amide bonds. The van der Waals surface area contributed by atoms with Gasteiger partial charge in [-0.25, -0.2) is 4.39 Å². The Morgan fingerprint density at radius 2 is 2.11 bits per heavy atom. The number of methoxy groups -OCH3 is 1. The average Bonchev–Trinajstić information content (AvgIpc) is 2.66. The molecule has 0 saturated heterocycles. The molecule has 1 heterocycles. The SMILES string of the molecule is COc1ccc(/C=C/C(=O)NCCc2cc(Cl)c3c(c2)OCCO3)cc1F. The Hall–Kier alpha value is -2.73. The summed E-state index contributed by atoms with van der Waals surface area (Å²) in [6.07, 6.45) is 3.49. The number of carbonyl (C=O) groups excluding carboxylic acids is 1. The van der Waals surface area contributed by atoms with E-state index < -0.39 is 5.82 Å². The van der Waals surface area contributed by atoms with Gasteiger partial charge in [0.15, 0.2) is 23.1 Å². The maximum Gasteiger partial charge on any atom is 0.244 e. The lowest BCUT2D eigenvalue weighted by Gasteiger charge is -2.20. The van der Waals surface area contributed by atoms with Crippen molar-refractivity contribution in [3.8, 4) is 17.2 Å². The van der Waals surface area contributed by atoms with E-state index in [1.54, 1.807) is 18.2 Å². The van der Waals surface area contributed by atoms with E-state index >= 15 is 0 Å². The lowest BCUT2D eigenvalue weighted by molar-refractivity contribution is -0.116. The number of ether oxygens (including phenoxy) is 3. The number of nitrogens with one attached hydrogen (secondary N) is 1. The Balaban J connectivity index is 1.52. The summed E-state index contributed by atoms with van der Waals surface area (Å²) in [5, 5.41) is 3.27. The number of hydrogen-bond acceptors (Lipinski definition) is 4. The maximum atomic E-state index is 13.6. The fourth-order valence-electron chi connectivity index (χ4n) is 2.66. The quantitative estimate of drug-likeness (QED) is 0.764. The summed E-state index contributed by atoms with van der Waals surface area (Å²) >= 11 is 6.20. The predicted octanol–water partition coefficient (Wildman–Crippen LogP) is 3.63. The van der Waals surface area contributed by atoms with E-state index in [2.05, 4.69) is 5.32 Å². The van der Waals surface area contributed by atoms with Gasteiger partial charge in [0.25, 0.3) is 0 Å². The minimum Gasteiger partial charge on any atom is -0.494 e. The predicted molar refractivity (Wildman–Crippen MR) is 101 cm³/mol. The van der Waals surface area contributed by atoms with Crippen LogP contribution in [0.15, 0.2) is 36.4 Å². The molecular weight excluding hydrogens is 373 g/mol. The van der Waals surface area contributed by atoms with Gasteiger partial charge < -0.3 is 19.5 Å². The molecule has 2 aromatic rings. The van der Waals surface area contributed by atoms with Gasteiger partial charge in [-0.1, -0.05) is 17.7 Å². The van der Waals surface area contributed by atoms with Crippen LogP contribution in [0.25, 0.3) is 6.08 Å². The number of benzene rings is 2. The molecule has 3 rings (SSSR count). The molecule has 1 aliphatic rings. The summed E-state index contributed by atoms with van der Waals surface area (Å²) in [6, 6.07) is 8.15. The van der Waals surface area contributed by atoms with E-state index in [4.69, 9.17) is 25.8 Å². The molecule has 27 heavy (non-hydrogen) atoms. The van der Waals surface area contributed by atoms with E-state index in [0.29, 0.717) is 48.3 Å². The summed E-state index contributed by atoms with van der Waals surface area (Å²) in [5.74, 6) is 0.599. The largest absolute Gasteiger partial charge is 0.494 e. The van der Waals surface area contributed by atoms with Crippen LogP contribution in [0, 0.1) is 5.82 Å². The first-order valence-corrected chi connectivity index (χ1v) is 8.82. The highest BCUT2D eigenvalue weighted by Crippen LogP contribution is 2.38. The lowest BCUT2D eigenvalue weighted by Crippen LogP contribution is -2.23. The Kier molecular flexibility index (Phi) is 6.19. The average molecular weight is 392 g/mol. The van der Waals surface area contributed by atoms with E-state index in [-0.39, 0.29) is 11.7 Å². The molecule has 2 aromatic carbocycles. The van der Waals surface area contributed by atoms with Crippen LogP contribution in [0.4, 0.5) is 4.39 Å². The van der Waals surface area contributed by atoms with Crippen LogP contribution >= 0.6 is 11.6 Å². The van der Waals surface area contributed by atoms with Crippen molar-refractivity contribution in [1.82, 2.24) is 5.32 Å². The molecule has 0 saturated carbocycles. The van der Waals surface area contributed by atoms with Crippen molar-refractivity contribution >= 4 is 23.6 Å². The first kappa shape index (κ1) is 19.0. The molecule has 7 heteroatoms. The second kappa shape index (κ2) is 8.77. The van der Waals surface area contributed by atoms with Crippen molar-refractivity contribution in [2.45, 2.75) is 6.42 Å². The maximum absolute atomic E-state index is 13.6. The zero-order chi connectivity index (χ0) is 19.2. The molecule has 0 atom stereocenters. The number of rotatable bonds is 6. The number of hydrogen-bond donors (Lipinski definition) is 1. The van der Waals surface area contributed by atoms with Crippen LogP contribution in [-0.2, 0) is 11.2 Å². The van der Waals surface area contributed by atoms with Gasteiger partial charge in [0.05, 0.1) is 12.1 Å². The van der Waals surface area contributed by atoms with Crippen molar-refractivity contribution in [2.24, 2.45) is 0 Å². The molecule has 1 N–H and O–H groups in total. The highest BCUT2D eigenvalue weighted by atomic mass is 35.5. The molecule has 0 bridgehead atoms. The van der Waals surface area contributed by atoms with Crippen LogP contribution in [0.3, 0.4) is 0 Å². The van der Waals surface area contributed by atoms with Gasteiger partial charge in [-0.3, -0.25) is 4.79 Å². The van der Waals surface area contributed by atoms with Crippen molar-refractivity contribution in [3.05, 3.63) is 58.4 Å². The smallest absolute Gasteiger partial charge is 0.244 e. The zero-order valence-electron chi connectivity index (χ0n) is 14.8. The Morgan fingerprint density at radius 3 is 2.89 bits per heavy atom. The fourth-order valence-corrected chi connectivity index (χ4v) is 2.94. The molecule has 0 aromatic heterocycles. The van der Waals surface area contributed by atoms with Crippen LogP contribution in [-0.4, -0.2) is 32.8 Å². The molecular formula is C20H19ClFNO4. The van der Waals surface area contributed by atoms with Crippen LogP contribution in [0.2, 0.25) is 5.02 Å². The summed E-state index contributed by atoms with van der Waals surface area (Å²) < 4.78 is 29.5. The van der Waals surface area contributed by atoms with Gasteiger partial charge in [0, 0.05) is 12.6 Å². The van der Waals surface area contributed by atoms with Gasteiger partial charge in [-0.15, -0.1) is 0 Å². The first-order chi connectivity index (χ1) is 13.1. The van der Waals surface area contributed by atoms with Crippen LogP contribution in [0.5, 0.6) is 17.2 Å². The summed E-state index contributed by atoms with van der Waals surface area (Å²) in [4.78, 5) is 11.9. The fraction of sp³-hybridized carbons (Fsp3) is 0.250. The zero-order valence-corrected chi connectivity index (χ0v) is 15.5. The van der Waals surface area contributed by atoms with E-state index in [0.717, 1.165) is 5.56 Å². The Labute approximate surface area is 161 Å². The molecule has 5 nitrogen and oxygen atoms in total. The number of amides is 1. The third-order valence-corrected chi connectivity index (χ3v) is 4.25. The molecule has 0 radical (unpaired) electrons. The van der Waals surface area contributed by atoms with Crippen LogP contribution < -0.4 is 19.5 Å². The third-order valence-electron chi connectivity index (χ3n) is 3.97. The van der Waals surface area contributed by atoms with Crippen molar-refractivity contribution < 1.29 is 23.4 Å². The lowest BCUT2D eigenvalue weighted by atomic mass is 10.1. The van der Waals surface area contributed by atoms with Crippen LogP contribution in [0.1, 0.15) is 11.1 Å². The van der Waals surface area contributed by atoms with E-state index in [9.17, 15) is 9.18 Å². The van der Waals surface area contributed by atoms with Gasteiger partial charge >= 0.3 is 0 Å². The standard InChI is InChI=1S/C20H19ClFNO4/c1-25-17-4-2-13(11-16(17)22)3-5-19(24)23-7-6-14-10-15(21)20-18(12-14)26-8-9-27-20/h2-5,10-12H,6-9H2,1H3,(H,23,24)/b5-3+. The normalized spacial score (nSPS) is 12.9. The van der Waals surface area contributed by atoms with Crippen molar-refractivity contribution in [3.63, 3.8) is 0 Å². The molecule has 1 aliphatic heterocycles. The highest BCUT2D eigenvalue weighted by molar-refractivity contribution is 6.32. The third kappa shape index (κ3) is 4.92. The topological polar surface area (TPSA) is 56.8 Å².